The van der Waals surface area contributed by atoms with Gasteiger partial charge in [0.25, 0.3) is 5.91 Å². The minimum Gasteiger partial charge on any atom is -0.493 e. The highest BCUT2D eigenvalue weighted by molar-refractivity contribution is 9.09. The van der Waals surface area contributed by atoms with E-state index in [2.05, 4.69) is 17.2 Å². The number of hydrogen-bond donors (Lipinski definition) is 5. The summed E-state index contributed by atoms with van der Waals surface area (Å²) in [5, 5.41) is 38.9. The number of fused-ring (bicyclic) bond motifs is 2. The van der Waals surface area contributed by atoms with Gasteiger partial charge in [-0.15, -0.1) is 0 Å². The number of ether oxygens (including phenoxy) is 7. The molecule has 1 heterocycles. The van der Waals surface area contributed by atoms with Crippen molar-refractivity contribution in [1.29, 1.82) is 0 Å². The Morgan fingerprint density at radius 3 is 2.42 bits per heavy atom. The number of nitrogens with one attached hydrogen (secondary N) is 2. The van der Waals surface area contributed by atoms with E-state index in [1.165, 1.54) is 84.0 Å². The van der Waals surface area contributed by atoms with Crippen molar-refractivity contribution in [2.45, 2.75) is 55.8 Å². The molecule has 1 fully saturated rings. The standard InChI is InChI=1S/C33H40N2O14S3/c1-15-27(37)23(48-31(40)17-12-21(44-4)22(45-5)13-19(17)34-30(39)16(2)43-3)14-24(47-15)49-29-28(38)26(35-32(41)46-6)25-18(9-11-51-52-50-7)33(29,42)10-8-20(25)36/h8-10,12-13,15,20,23-24,27,29,36-37,42H,2,11,14H2,1,3-7H3,(H,34,39)(H,35,41)/b18-9+/t15-,20-,23-,24-,27-,29+,33+/m0/s1. The lowest BCUT2D eigenvalue weighted by atomic mass is 9.70. The summed E-state index contributed by atoms with van der Waals surface area (Å²) in [7, 11) is 9.47. The van der Waals surface area contributed by atoms with Crippen LogP contribution >= 0.6 is 31.4 Å². The number of carbonyl (C=O) groups excluding carboxylic acids is 4. The molecule has 2 amide bonds. The summed E-state index contributed by atoms with van der Waals surface area (Å²) in [5.41, 5.74) is -2.59. The maximum absolute atomic E-state index is 14.0. The fourth-order valence-corrected chi connectivity index (χ4v) is 8.10. The Morgan fingerprint density at radius 2 is 1.79 bits per heavy atom. The van der Waals surface area contributed by atoms with Crippen LogP contribution in [0.25, 0.3) is 0 Å². The van der Waals surface area contributed by atoms with Crippen molar-refractivity contribution < 1.29 is 67.7 Å². The highest BCUT2D eigenvalue weighted by Gasteiger charge is 2.55. The van der Waals surface area contributed by atoms with Crippen LogP contribution in [0, 0.1) is 0 Å². The second-order valence-corrected chi connectivity index (χ2v) is 15.7. The molecule has 2 aliphatic carbocycles. The van der Waals surface area contributed by atoms with Gasteiger partial charge in [-0.1, -0.05) is 40.3 Å². The smallest absolute Gasteiger partial charge is 0.411 e. The number of carbonyl (C=O) groups is 4. The summed E-state index contributed by atoms with van der Waals surface area (Å²) < 4.78 is 38.0. The van der Waals surface area contributed by atoms with Crippen molar-refractivity contribution in [2.24, 2.45) is 0 Å². The SMILES string of the molecule is C=C(OC)C(=O)Nc1cc(OC)c(OC)cc1C(=O)O[C@H]1C[C@H](O[C@@H]2C(=O)C(NC(=O)OC)=C3/C(=C\CSSSC)[C@]2(O)C=C[C@@H]3O)O[C@@H](C)[C@@H]1O. The highest BCUT2D eigenvalue weighted by atomic mass is 33.5. The summed E-state index contributed by atoms with van der Waals surface area (Å²) in [6.07, 6.45) is -3.44. The first-order valence-electron chi connectivity index (χ1n) is 15.5. The lowest BCUT2D eigenvalue weighted by molar-refractivity contribution is -0.267. The zero-order chi connectivity index (χ0) is 38.3. The van der Waals surface area contributed by atoms with E-state index in [1.54, 1.807) is 6.08 Å². The van der Waals surface area contributed by atoms with E-state index in [9.17, 15) is 34.5 Å². The number of alkyl carbamates (subject to hydrolysis) is 1. The monoisotopic (exact) mass is 784 g/mol. The lowest BCUT2D eigenvalue weighted by Gasteiger charge is -2.46. The van der Waals surface area contributed by atoms with E-state index in [0.29, 0.717) is 5.75 Å². The third-order valence-corrected chi connectivity index (χ3v) is 12.0. The fraction of sp³-hybridized carbons (Fsp3) is 0.455. The molecule has 1 aromatic rings. The maximum atomic E-state index is 14.0. The van der Waals surface area contributed by atoms with Gasteiger partial charge in [0.15, 0.2) is 29.7 Å². The van der Waals surface area contributed by atoms with Gasteiger partial charge in [0.1, 0.15) is 17.8 Å². The fourth-order valence-electron chi connectivity index (χ4n) is 5.69. The van der Waals surface area contributed by atoms with Crippen molar-refractivity contribution in [3.63, 3.8) is 0 Å². The minimum absolute atomic E-state index is 0.0259. The first kappa shape index (κ1) is 41.1. The number of benzene rings is 1. The Kier molecular flexibility index (Phi) is 14.1. The van der Waals surface area contributed by atoms with E-state index in [0.717, 1.165) is 7.11 Å². The van der Waals surface area contributed by atoms with Gasteiger partial charge < -0.3 is 53.8 Å². The van der Waals surface area contributed by atoms with E-state index in [4.69, 9.17) is 33.2 Å². The summed E-state index contributed by atoms with van der Waals surface area (Å²) in [4.78, 5) is 52.6. The predicted octanol–water partition coefficient (Wildman–Crippen LogP) is 2.65. The Morgan fingerprint density at radius 1 is 1.10 bits per heavy atom. The first-order valence-corrected chi connectivity index (χ1v) is 19.6. The number of aliphatic hydroxyl groups excluding tert-OH is 2. The van der Waals surface area contributed by atoms with Gasteiger partial charge >= 0.3 is 12.1 Å². The molecule has 5 N–H and O–H groups in total. The number of amides is 2. The molecule has 1 aromatic carbocycles. The molecule has 2 bridgehead atoms. The summed E-state index contributed by atoms with van der Waals surface area (Å²) in [6.45, 7) is 5.00. The van der Waals surface area contributed by atoms with Gasteiger partial charge in [0.05, 0.1) is 57.6 Å². The van der Waals surface area contributed by atoms with E-state index in [1.807, 2.05) is 6.26 Å². The van der Waals surface area contributed by atoms with Crippen LogP contribution in [0.3, 0.4) is 0 Å². The predicted molar refractivity (Wildman–Crippen MR) is 193 cm³/mol. The number of methoxy groups -OCH3 is 4. The van der Waals surface area contributed by atoms with E-state index in [-0.39, 0.29) is 51.8 Å². The Bertz CT molecular complexity index is 1670. The van der Waals surface area contributed by atoms with Crippen LogP contribution in [0.5, 0.6) is 11.5 Å². The number of hydrogen-bond acceptors (Lipinski definition) is 17. The molecule has 52 heavy (non-hydrogen) atoms. The Labute approximate surface area is 311 Å². The quantitative estimate of drug-likeness (QED) is 0.0458. The Balaban J connectivity index is 1.66. The number of Topliss-reactive ketones (excluding diaryl/α,β-unsaturated/α-hetero) is 1. The van der Waals surface area contributed by atoms with Gasteiger partial charge in [-0.2, -0.15) is 0 Å². The van der Waals surface area contributed by atoms with Crippen molar-refractivity contribution in [3.8, 4) is 11.5 Å². The van der Waals surface area contributed by atoms with Crippen LogP contribution in [0.2, 0.25) is 0 Å². The Hall–Kier alpha value is -3.69. The third kappa shape index (κ3) is 8.74. The number of esters is 1. The zero-order valence-corrected chi connectivity index (χ0v) is 31.5. The molecule has 0 saturated carbocycles. The van der Waals surface area contributed by atoms with Gasteiger partial charge in [-0.05, 0) is 34.7 Å². The molecule has 0 aromatic heterocycles. The summed E-state index contributed by atoms with van der Waals surface area (Å²) in [6, 6.07) is 2.61. The summed E-state index contributed by atoms with van der Waals surface area (Å²) in [5.74, 6) is -2.23. The van der Waals surface area contributed by atoms with Crippen LogP contribution in [0.15, 0.2) is 59.5 Å². The topological polar surface area (TPSA) is 218 Å². The number of aliphatic hydroxyl groups is 3. The number of anilines is 1. The first-order chi connectivity index (χ1) is 24.7. The van der Waals surface area contributed by atoms with Crippen LogP contribution in [0.1, 0.15) is 23.7 Å². The van der Waals surface area contributed by atoms with E-state index >= 15 is 0 Å². The van der Waals surface area contributed by atoms with Crippen molar-refractivity contribution in [2.75, 3.05) is 45.8 Å². The molecule has 0 unspecified atom stereocenters. The normalized spacial score (nSPS) is 27.5. The molecule has 19 heteroatoms. The molecule has 7 atom stereocenters. The van der Waals surface area contributed by atoms with Crippen LogP contribution in [-0.2, 0) is 33.3 Å². The zero-order valence-electron chi connectivity index (χ0n) is 29.0. The van der Waals surface area contributed by atoms with Gasteiger partial charge in [-0.25, -0.2) is 9.59 Å². The summed E-state index contributed by atoms with van der Waals surface area (Å²) >= 11 is 0. The average Bonchev–Trinajstić information content (AvgIpc) is 3.13. The largest absolute Gasteiger partial charge is 0.493 e. The van der Waals surface area contributed by atoms with Gasteiger partial charge in [0, 0.05) is 29.9 Å². The highest BCUT2D eigenvalue weighted by Crippen LogP contribution is 2.45. The second kappa shape index (κ2) is 17.9. The van der Waals surface area contributed by atoms with Crippen LogP contribution in [0.4, 0.5) is 10.5 Å². The molecule has 16 nitrogen and oxygen atoms in total. The van der Waals surface area contributed by atoms with Gasteiger partial charge in [-0.3, -0.25) is 14.9 Å². The van der Waals surface area contributed by atoms with Crippen molar-refractivity contribution in [3.05, 3.63) is 65.1 Å². The average molecular weight is 785 g/mol. The molecule has 1 saturated heterocycles. The molecular weight excluding hydrogens is 745 g/mol. The molecule has 284 valence electrons. The molecule has 3 aliphatic rings. The third-order valence-electron chi connectivity index (χ3n) is 8.28. The van der Waals surface area contributed by atoms with Crippen LogP contribution in [-0.4, -0.2) is 122 Å². The molecular formula is C33H40N2O14S3. The van der Waals surface area contributed by atoms with Crippen molar-refractivity contribution in [1.82, 2.24) is 5.32 Å². The molecule has 0 spiro atoms. The molecule has 4 rings (SSSR count). The molecule has 0 radical (unpaired) electrons. The minimum atomic E-state index is -2.12. The second-order valence-electron chi connectivity index (χ2n) is 11.3. The van der Waals surface area contributed by atoms with Crippen LogP contribution < -0.4 is 20.1 Å². The van der Waals surface area contributed by atoms with Crippen molar-refractivity contribution >= 4 is 60.9 Å². The van der Waals surface area contributed by atoms with E-state index < -0.39 is 66.2 Å². The molecule has 1 aliphatic heterocycles. The lowest BCUT2D eigenvalue weighted by Crippen LogP contribution is -2.60. The number of ketones is 1. The maximum Gasteiger partial charge on any atom is 0.411 e. The number of rotatable bonds is 14. The van der Waals surface area contributed by atoms with Gasteiger partial charge in [0.2, 0.25) is 5.78 Å².